The fourth-order valence-electron chi connectivity index (χ4n) is 4.59. The number of carbonyl (C=O) groups excluding carboxylic acids is 1. The summed E-state index contributed by atoms with van der Waals surface area (Å²) in [5.41, 5.74) is 2.02. The number of aliphatic hydroxyl groups excluding tert-OH is 1. The van der Waals surface area contributed by atoms with Gasteiger partial charge in [0.05, 0.1) is 32.1 Å². The van der Waals surface area contributed by atoms with Crippen LogP contribution in [-0.2, 0) is 0 Å². The average Bonchev–Trinajstić information content (AvgIpc) is 3.29. The number of fused-ring (bicyclic) bond motifs is 1. The van der Waals surface area contributed by atoms with Crippen molar-refractivity contribution in [1.82, 2.24) is 14.7 Å². The summed E-state index contributed by atoms with van der Waals surface area (Å²) >= 11 is 0. The van der Waals surface area contributed by atoms with Gasteiger partial charge in [-0.05, 0) is 29.8 Å². The third-order valence-electron chi connectivity index (χ3n) is 6.58. The Kier molecular flexibility index (Phi) is 6.03. The molecule has 1 saturated heterocycles. The third kappa shape index (κ3) is 4.34. The Hall–Kier alpha value is -3.73. The molecule has 2 atom stereocenters. The van der Waals surface area contributed by atoms with E-state index in [1.165, 1.54) is 19.1 Å². The molecule has 8 nitrogen and oxygen atoms in total. The number of nitrogens with zero attached hydrogens (tertiary/aromatic N) is 3. The molecule has 2 unspecified atom stereocenters. The number of rotatable bonds is 5. The largest absolute Gasteiger partial charge is 0.493 e. The van der Waals surface area contributed by atoms with Gasteiger partial charge in [-0.2, -0.15) is 18.3 Å². The highest BCUT2D eigenvalue weighted by Gasteiger charge is 2.46. The van der Waals surface area contributed by atoms with Crippen LogP contribution >= 0.6 is 0 Å². The summed E-state index contributed by atoms with van der Waals surface area (Å²) in [7, 11) is 2.97. The number of β-amino-alcohol motifs (C(OH)–C–C–N with tert-alkyl or cyclic N) is 1. The van der Waals surface area contributed by atoms with Gasteiger partial charge in [-0.1, -0.05) is 18.2 Å². The number of halogens is 3. The number of carbonyl (C=O) groups is 1. The highest BCUT2D eigenvalue weighted by Crippen LogP contribution is 2.45. The number of aliphatic hydroxyl groups is 1. The van der Waals surface area contributed by atoms with Gasteiger partial charge in [-0.25, -0.2) is 4.68 Å². The number of methoxy groups -OCH3 is 2. The average molecular weight is 502 g/mol. The maximum absolute atomic E-state index is 14.1. The number of hydrogen-bond donors (Lipinski definition) is 2. The minimum absolute atomic E-state index is 0.201. The molecular formula is C25H25F3N4O4. The summed E-state index contributed by atoms with van der Waals surface area (Å²) < 4.78 is 53.8. The highest BCUT2D eigenvalue weighted by molar-refractivity contribution is 5.95. The molecule has 2 N–H and O–H groups in total. The van der Waals surface area contributed by atoms with Gasteiger partial charge < -0.3 is 24.8 Å². The first-order valence-corrected chi connectivity index (χ1v) is 11.4. The molecule has 2 aliphatic rings. The maximum Gasteiger partial charge on any atom is 0.410 e. The lowest BCUT2D eigenvalue weighted by molar-refractivity contribution is -0.173. The molecule has 0 saturated carbocycles. The minimum atomic E-state index is -4.51. The second-order valence-corrected chi connectivity index (χ2v) is 8.91. The molecule has 3 aromatic rings. The van der Waals surface area contributed by atoms with E-state index in [2.05, 4.69) is 10.4 Å². The van der Waals surface area contributed by atoms with Gasteiger partial charge in [0.15, 0.2) is 17.5 Å². The molecule has 190 valence electrons. The fraction of sp³-hybridized carbons (Fsp3) is 0.360. The van der Waals surface area contributed by atoms with Crippen LogP contribution in [0.2, 0.25) is 0 Å². The van der Waals surface area contributed by atoms with Gasteiger partial charge in [0.1, 0.15) is 5.82 Å². The quantitative estimate of drug-likeness (QED) is 0.548. The number of aromatic nitrogens is 2. The summed E-state index contributed by atoms with van der Waals surface area (Å²) in [6.07, 6.45) is -5.25. The first-order chi connectivity index (χ1) is 17.2. The fourth-order valence-corrected chi connectivity index (χ4v) is 4.59. The minimum Gasteiger partial charge on any atom is -0.493 e. The molecule has 36 heavy (non-hydrogen) atoms. The Balaban J connectivity index is 1.43. The second-order valence-electron chi connectivity index (χ2n) is 8.91. The lowest BCUT2D eigenvalue weighted by Crippen LogP contribution is -2.53. The number of likely N-dealkylation sites (tertiary alicyclic amines) is 1. The zero-order valence-corrected chi connectivity index (χ0v) is 19.6. The van der Waals surface area contributed by atoms with Crippen molar-refractivity contribution in [2.75, 3.05) is 32.6 Å². The van der Waals surface area contributed by atoms with Crippen molar-refractivity contribution in [3.05, 3.63) is 59.7 Å². The number of alkyl halides is 3. The van der Waals surface area contributed by atoms with Crippen LogP contribution in [0.5, 0.6) is 11.5 Å². The van der Waals surface area contributed by atoms with Crippen molar-refractivity contribution in [3.63, 3.8) is 0 Å². The molecule has 2 aromatic carbocycles. The van der Waals surface area contributed by atoms with Gasteiger partial charge in [-0.15, -0.1) is 0 Å². The van der Waals surface area contributed by atoms with E-state index in [0.29, 0.717) is 47.0 Å². The van der Waals surface area contributed by atoms with E-state index in [-0.39, 0.29) is 18.1 Å². The van der Waals surface area contributed by atoms with E-state index in [1.807, 2.05) is 0 Å². The standard InChI is InChI=1S/C25H25F3N4O4/c1-35-20-8-7-16(9-21(20)36-2)18-10-22(25(26,27)28)32-23(29-18)11-19(30-32)14-3-5-15(6-4-14)24(34)31-12-17(33)13-31/h3-9,11,17-18,22,29,33H,10,12-13H2,1-2H3. The number of ether oxygens (including phenoxy) is 2. The van der Waals surface area contributed by atoms with Gasteiger partial charge in [0, 0.05) is 36.7 Å². The lowest BCUT2D eigenvalue weighted by Gasteiger charge is -2.35. The smallest absolute Gasteiger partial charge is 0.410 e. The van der Waals surface area contributed by atoms with Crippen molar-refractivity contribution in [1.29, 1.82) is 0 Å². The summed E-state index contributed by atoms with van der Waals surface area (Å²) in [5.74, 6) is 0.965. The van der Waals surface area contributed by atoms with Crippen LogP contribution in [0.3, 0.4) is 0 Å². The number of nitrogens with one attached hydrogen (secondary N) is 1. The van der Waals surface area contributed by atoms with Gasteiger partial charge in [0.25, 0.3) is 5.91 Å². The van der Waals surface area contributed by atoms with Crippen molar-refractivity contribution in [2.45, 2.75) is 30.8 Å². The van der Waals surface area contributed by atoms with Crippen LogP contribution in [0.15, 0.2) is 48.5 Å². The van der Waals surface area contributed by atoms with Crippen LogP contribution in [0.4, 0.5) is 19.0 Å². The van der Waals surface area contributed by atoms with E-state index in [0.717, 1.165) is 4.68 Å². The van der Waals surface area contributed by atoms with Crippen LogP contribution in [-0.4, -0.2) is 65.3 Å². The molecular weight excluding hydrogens is 477 g/mol. The van der Waals surface area contributed by atoms with Crippen LogP contribution in [0.1, 0.15) is 34.4 Å². The normalized spacial score (nSPS) is 19.8. The first kappa shape index (κ1) is 24.0. The number of benzene rings is 2. The lowest BCUT2D eigenvalue weighted by atomic mass is 9.96. The number of anilines is 1. The molecule has 1 fully saturated rings. The van der Waals surface area contributed by atoms with E-state index in [9.17, 15) is 23.1 Å². The van der Waals surface area contributed by atoms with Crippen molar-refractivity contribution in [3.8, 4) is 22.8 Å². The summed E-state index contributed by atoms with van der Waals surface area (Å²) in [4.78, 5) is 14.0. The Bertz CT molecular complexity index is 1270. The SMILES string of the molecule is COc1ccc(C2CC(C(F)(F)F)n3nc(-c4ccc(C(=O)N5CC(O)C5)cc4)cc3N2)cc1OC. The van der Waals surface area contributed by atoms with Gasteiger partial charge in [-0.3, -0.25) is 4.79 Å². The van der Waals surface area contributed by atoms with Crippen molar-refractivity contribution < 1.29 is 32.5 Å². The zero-order chi connectivity index (χ0) is 25.6. The predicted octanol–water partition coefficient (Wildman–Crippen LogP) is 4.04. The van der Waals surface area contributed by atoms with Crippen molar-refractivity contribution in [2.24, 2.45) is 0 Å². The number of hydrogen-bond acceptors (Lipinski definition) is 6. The molecule has 0 radical (unpaired) electrons. The Morgan fingerprint density at radius 1 is 1.06 bits per heavy atom. The summed E-state index contributed by atoms with van der Waals surface area (Å²) in [5, 5.41) is 16.8. The monoisotopic (exact) mass is 502 g/mol. The summed E-state index contributed by atoms with van der Waals surface area (Å²) in [6.45, 7) is 0.584. The van der Waals surface area contributed by atoms with Gasteiger partial charge >= 0.3 is 6.18 Å². The second kappa shape index (κ2) is 9.05. The zero-order valence-electron chi connectivity index (χ0n) is 19.6. The Morgan fingerprint density at radius 3 is 2.36 bits per heavy atom. The number of amides is 1. The van der Waals surface area contributed by atoms with E-state index in [1.54, 1.807) is 48.5 Å². The molecule has 0 spiro atoms. The topological polar surface area (TPSA) is 88.9 Å². The van der Waals surface area contributed by atoms with Crippen LogP contribution < -0.4 is 14.8 Å². The predicted molar refractivity (Wildman–Crippen MR) is 125 cm³/mol. The van der Waals surface area contributed by atoms with Crippen molar-refractivity contribution >= 4 is 11.7 Å². The van der Waals surface area contributed by atoms with Crippen LogP contribution in [0.25, 0.3) is 11.3 Å². The highest BCUT2D eigenvalue weighted by atomic mass is 19.4. The molecule has 11 heteroatoms. The maximum atomic E-state index is 14.1. The molecule has 1 aromatic heterocycles. The molecule has 0 bridgehead atoms. The third-order valence-corrected chi connectivity index (χ3v) is 6.58. The molecule has 1 amide bonds. The first-order valence-electron chi connectivity index (χ1n) is 11.4. The Morgan fingerprint density at radius 2 is 1.75 bits per heavy atom. The van der Waals surface area contributed by atoms with Gasteiger partial charge in [0.2, 0.25) is 0 Å². The van der Waals surface area contributed by atoms with E-state index < -0.39 is 24.4 Å². The molecule has 2 aliphatic heterocycles. The van der Waals surface area contributed by atoms with E-state index in [4.69, 9.17) is 9.47 Å². The molecule has 3 heterocycles. The Labute approximate surface area is 205 Å². The van der Waals surface area contributed by atoms with Crippen LogP contribution in [0, 0.1) is 0 Å². The van der Waals surface area contributed by atoms with E-state index >= 15 is 0 Å². The molecule has 0 aliphatic carbocycles. The molecule has 5 rings (SSSR count). The summed E-state index contributed by atoms with van der Waals surface area (Å²) in [6, 6.07) is 10.7.